The van der Waals surface area contributed by atoms with Gasteiger partial charge < -0.3 is 10.3 Å². The van der Waals surface area contributed by atoms with Gasteiger partial charge in [0.25, 0.3) is 5.56 Å². The maximum Gasteiger partial charge on any atom is 0.260 e. The van der Waals surface area contributed by atoms with E-state index in [1.54, 1.807) is 6.07 Å². The maximum absolute atomic E-state index is 12.2. The summed E-state index contributed by atoms with van der Waals surface area (Å²) in [5.74, 6) is 0.391. The normalized spacial score (nSPS) is 11.1. The number of H-pyrrole nitrogens is 1. The molecule has 3 aromatic rings. The molecule has 0 fully saturated rings. The van der Waals surface area contributed by atoms with E-state index in [0.29, 0.717) is 21.3 Å². The molecule has 2 N–H and O–H groups in total. The molecule has 0 aliphatic carbocycles. The lowest BCUT2D eigenvalue weighted by atomic mass is 10.0. The molecule has 0 atom stereocenters. The van der Waals surface area contributed by atoms with Crippen LogP contribution in [-0.2, 0) is 4.79 Å². The summed E-state index contributed by atoms with van der Waals surface area (Å²) in [6, 6.07) is 9.52. The molecule has 0 aliphatic heterocycles. The van der Waals surface area contributed by atoms with Crippen molar-refractivity contribution in [2.75, 3.05) is 11.1 Å². The van der Waals surface area contributed by atoms with Crippen LogP contribution in [0.5, 0.6) is 0 Å². The zero-order chi connectivity index (χ0) is 17.1. The number of nitrogens with one attached hydrogen (secondary N) is 2. The number of amides is 1. The topological polar surface area (TPSA) is 74.8 Å². The third-order valence-corrected chi connectivity index (χ3v) is 5.19. The summed E-state index contributed by atoms with van der Waals surface area (Å²) in [6.45, 7) is 4.18. The second-order valence-corrected chi connectivity index (χ2v) is 7.45. The third-order valence-electron chi connectivity index (χ3n) is 3.51. The number of aromatic amines is 1. The van der Waals surface area contributed by atoms with Crippen molar-refractivity contribution >= 4 is 44.9 Å². The first-order chi connectivity index (χ1) is 11.5. The number of thioether (sulfide) groups is 1. The number of hydrogen-bond donors (Lipinski definition) is 2. The van der Waals surface area contributed by atoms with Crippen LogP contribution in [0.4, 0.5) is 5.69 Å². The number of para-hydroxylation sites is 1. The van der Waals surface area contributed by atoms with Gasteiger partial charge in [-0.15, -0.1) is 11.3 Å². The molecule has 0 aliphatic rings. The molecule has 0 spiro atoms. The predicted octanol–water partition coefficient (Wildman–Crippen LogP) is 3.84. The van der Waals surface area contributed by atoms with Gasteiger partial charge in [0.1, 0.15) is 4.83 Å². The van der Waals surface area contributed by atoms with Gasteiger partial charge in [-0.05, 0) is 29.0 Å². The van der Waals surface area contributed by atoms with Crippen molar-refractivity contribution in [3.8, 4) is 0 Å². The van der Waals surface area contributed by atoms with Gasteiger partial charge >= 0.3 is 0 Å². The molecule has 2 aromatic heterocycles. The molecular formula is C17H17N3O2S2. The number of anilines is 1. The Morgan fingerprint density at radius 1 is 1.33 bits per heavy atom. The Kier molecular flexibility index (Phi) is 5.01. The predicted molar refractivity (Wildman–Crippen MR) is 100 cm³/mol. The molecule has 7 heteroatoms. The van der Waals surface area contributed by atoms with Gasteiger partial charge in [0, 0.05) is 5.69 Å². The van der Waals surface area contributed by atoms with Crippen LogP contribution in [0.3, 0.4) is 0 Å². The van der Waals surface area contributed by atoms with Crippen molar-refractivity contribution in [1.29, 1.82) is 0 Å². The molecule has 0 saturated heterocycles. The Balaban J connectivity index is 1.68. The van der Waals surface area contributed by atoms with Gasteiger partial charge in [0.15, 0.2) is 5.16 Å². The van der Waals surface area contributed by atoms with E-state index in [4.69, 9.17) is 0 Å². The van der Waals surface area contributed by atoms with Gasteiger partial charge in [-0.1, -0.05) is 43.8 Å². The Morgan fingerprint density at radius 3 is 2.92 bits per heavy atom. The Labute approximate surface area is 147 Å². The smallest absolute Gasteiger partial charge is 0.260 e. The molecule has 24 heavy (non-hydrogen) atoms. The number of aromatic nitrogens is 2. The Morgan fingerprint density at radius 2 is 2.12 bits per heavy atom. The second-order valence-electron chi connectivity index (χ2n) is 5.59. The van der Waals surface area contributed by atoms with Crippen molar-refractivity contribution in [1.82, 2.24) is 9.97 Å². The number of rotatable bonds is 5. The van der Waals surface area contributed by atoms with Crippen LogP contribution >= 0.6 is 23.1 Å². The van der Waals surface area contributed by atoms with Gasteiger partial charge in [-0.25, -0.2) is 4.98 Å². The van der Waals surface area contributed by atoms with E-state index in [0.717, 1.165) is 11.3 Å². The molecule has 5 nitrogen and oxygen atoms in total. The van der Waals surface area contributed by atoms with Gasteiger partial charge in [0.2, 0.25) is 5.91 Å². The zero-order valence-corrected chi connectivity index (χ0v) is 15.0. The molecule has 0 bridgehead atoms. The molecule has 1 amide bonds. The molecule has 3 rings (SSSR count). The number of nitrogens with zero attached hydrogens (tertiary/aromatic N) is 1. The highest BCUT2D eigenvalue weighted by atomic mass is 32.2. The standard InChI is InChI=1S/C17H17N3O2S2/c1-10(2)11-5-3-4-6-13(11)18-14(21)9-24-17-19-15(22)12-7-8-23-16(12)20-17/h3-8,10H,9H2,1-2H3,(H,18,21)(H,19,20,22). The summed E-state index contributed by atoms with van der Waals surface area (Å²) in [5, 5.41) is 5.81. The van der Waals surface area contributed by atoms with E-state index < -0.39 is 0 Å². The SMILES string of the molecule is CC(C)c1ccccc1NC(=O)CSc1nc2sccc2c(=O)[nH]1. The van der Waals surface area contributed by atoms with Crippen molar-refractivity contribution in [3.63, 3.8) is 0 Å². The largest absolute Gasteiger partial charge is 0.325 e. The zero-order valence-electron chi connectivity index (χ0n) is 13.3. The highest BCUT2D eigenvalue weighted by molar-refractivity contribution is 7.99. The van der Waals surface area contributed by atoms with E-state index in [2.05, 4.69) is 29.1 Å². The molecule has 124 valence electrons. The molecule has 0 saturated carbocycles. The molecule has 0 radical (unpaired) electrons. The van der Waals surface area contributed by atoms with Crippen LogP contribution in [-0.4, -0.2) is 21.6 Å². The van der Waals surface area contributed by atoms with Gasteiger partial charge in [-0.3, -0.25) is 9.59 Å². The number of hydrogen-bond acceptors (Lipinski definition) is 5. The first-order valence-corrected chi connectivity index (χ1v) is 9.40. The maximum atomic E-state index is 12.2. The number of benzene rings is 1. The minimum atomic E-state index is -0.172. The van der Waals surface area contributed by atoms with Crippen LogP contribution in [0.15, 0.2) is 45.7 Å². The summed E-state index contributed by atoms with van der Waals surface area (Å²) < 4.78 is 0. The Hall–Kier alpha value is -2.12. The lowest BCUT2D eigenvalue weighted by Crippen LogP contribution is -2.16. The average Bonchev–Trinajstić information content (AvgIpc) is 3.02. The summed E-state index contributed by atoms with van der Waals surface area (Å²) in [7, 11) is 0. The van der Waals surface area contributed by atoms with Gasteiger partial charge in [-0.2, -0.15) is 0 Å². The van der Waals surface area contributed by atoms with E-state index in [1.165, 1.54) is 23.1 Å². The van der Waals surface area contributed by atoms with Crippen LogP contribution in [0.25, 0.3) is 10.2 Å². The summed E-state index contributed by atoms with van der Waals surface area (Å²) in [4.78, 5) is 31.9. The van der Waals surface area contributed by atoms with Crippen LogP contribution in [0.1, 0.15) is 25.3 Å². The highest BCUT2D eigenvalue weighted by Crippen LogP contribution is 2.24. The summed E-state index contributed by atoms with van der Waals surface area (Å²) >= 11 is 2.64. The molecular weight excluding hydrogens is 342 g/mol. The van der Waals surface area contributed by atoms with Crippen molar-refractivity contribution < 1.29 is 4.79 Å². The number of fused-ring (bicyclic) bond motifs is 1. The quantitative estimate of drug-likeness (QED) is 0.536. The van der Waals surface area contributed by atoms with Gasteiger partial charge in [0.05, 0.1) is 11.1 Å². The minimum Gasteiger partial charge on any atom is -0.325 e. The fraction of sp³-hybridized carbons (Fsp3) is 0.235. The van der Waals surface area contributed by atoms with Crippen LogP contribution in [0.2, 0.25) is 0 Å². The average molecular weight is 359 g/mol. The van der Waals surface area contributed by atoms with Crippen molar-refractivity contribution in [2.24, 2.45) is 0 Å². The van der Waals surface area contributed by atoms with Crippen molar-refractivity contribution in [2.45, 2.75) is 24.9 Å². The lowest BCUT2D eigenvalue weighted by molar-refractivity contribution is -0.113. The molecule has 2 heterocycles. The third kappa shape index (κ3) is 3.68. The number of carbonyl (C=O) groups is 1. The fourth-order valence-corrected chi connectivity index (χ4v) is 3.83. The summed E-state index contributed by atoms with van der Waals surface area (Å²) in [6.07, 6.45) is 0. The first-order valence-electron chi connectivity index (χ1n) is 7.53. The van der Waals surface area contributed by atoms with Crippen LogP contribution in [0, 0.1) is 0 Å². The second kappa shape index (κ2) is 7.19. The summed E-state index contributed by atoms with van der Waals surface area (Å²) in [5.41, 5.74) is 1.75. The molecule has 1 aromatic carbocycles. The number of thiophene rings is 1. The van der Waals surface area contributed by atoms with E-state index in [-0.39, 0.29) is 17.2 Å². The van der Waals surface area contributed by atoms with E-state index >= 15 is 0 Å². The highest BCUT2D eigenvalue weighted by Gasteiger charge is 2.11. The van der Waals surface area contributed by atoms with E-state index in [1.807, 2.05) is 29.6 Å². The van der Waals surface area contributed by atoms with Crippen molar-refractivity contribution in [3.05, 3.63) is 51.6 Å². The lowest BCUT2D eigenvalue weighted by Gasteiger charge is -2.13. The minimum absolute atomic E-state index is 0.123. The number of carbonyl (C=O) groups excluding carboxylic acids is 1. The van der Waals surface area contributed by atoms with Crippen LogP contribution < -0.4 is 10.9 Å². The first kappa shape index (κ1) is 16.7. The van der Waals surface area contributed by atoms with E-state index in [9.17, 15) is 9.59 Å². The Bertz CT molecular complexity index is 931. The monoisotopic (exact) mass is 359 g/mol. The fourth-order valence-electron chi connectivity index (χ4n) is 2.35. The molecule has 0 unspecified atom stereocenters.